The van der Waals surface area contributed by atoms with Crippen LogP contribution in [0.1, 0.15) is 0 Å². The van der Waals surface area contributed by atoms with Gasteiger partial charge in [-0.3, -0.25) is 43.7 Å². The number of aliphatic hydroxyl groups excluding tert-OH is 3. The number of rotatable bonds is 15. The van der Waals surface area contributed by atoms with Crippen LogP contribution in [0.2, 0.25) is 0 Å². The van der Waals surface area contributed by atoms with Gasteiger partial charge in [0.25, 0.3) is 0 Å². The summed E-state index contributed by atoms with van der Waals surface area (Å²) >= 11 is 0. The zero-order chi connectivity index (χ0) is 28.7. The molecular formula is C22H41N5O11. The highest BCUT2D eigenvalue weighted by Crippen LogP contribution is 2.06. The Balaban J connectivity index is 3.02. The predicted molar refractivity (Wildman–Crippen MR) is 132 cm³/mol. The van der Waals surface area contributed by atoms with E-state index in [0.717, 1.165) is 0 Å². The van der Waals surface area contributed by atoms with Gasteiger partial charge in [0, 0.05) is 65.4 Å². The van der Waals surface area contributed by atoms with Crippen molar-refractivity contribution in [3.8, 4) is 0 Å². The summed E-state index contributed by atoms with van der Waals surface area (Å²) in [4.78, 5) is 53.3. The van der Waals surface area contributed by atoms with E-state index < -0.39 is 55.8 Å². The highest BCUT2D eigenvalue weighted by atomic mass is 16.4. The molecule has 220 valence electrons. The number of β-amino-alcohol motifs (C(OH)–C–C–N with tert-alkyl or cyclic N) is 1. The largest absolute Gasteiger partial charge is 0.480 e. The summed E-state index contributed by atoms with van der Waals surface area (Å²) in [6.45, 7) is -0.263. The molecule has 1 aliphatic heterocycles. The first-order valence-electron chi connectivity index (χ1n) is 12.3. The highest BCUT2D eigenvalue weighted by molar-refractivity contribution is 5.70. The van der Waals surface area contributed by atoms with Crippen molar-refractivity contribution in [2.24, 2.45) is 0 Å². The van der Waals surface area contributed by atoms with Crippen molar-refractivity contribution in [1.82, 2.24) is 24.5 Å². The Hall–Kier alpha value is -2.44. The van der Waals surface area contributed by atoms with Crippen LogP contribution in [0.15, 0.2) is 0 Å². The first-order valence-corrected chi connectivity index (χ1v) is 12.3. The molecular weight excluding hydrogens is 510 g/mol. The molecule has 1 unspecified atom stereocenters. The van der Waals surface area contributed by atoms with Crippen LogP contribution in [0.5, 0.6) is 0 Å². The smallest absolute Gasteiger partial charge is 0.317 e. The number of carbonyl (C=O) groups is 4. The van der Waals surface area contributed by atoms with Gasteiger partial charge in [-0.2, -0.15) is 0 Å². The van der Waals surface area contributed by atoms with Gasteiger partial charge in [-0.05, 0) is 0 Å². The normalized spacial score (nSPS) is 18.7. The summed E-state index contributed by atoms with van der Waals surface area (Å²) in [6.07, 6.45) is -1.09. The maximum Gasteiger partial charge on any atom is 0.317 e. The average molecular weight is 552 g/mol. The highest BCUT2D eigenvalue weighted by Gasteiger charge is 2.25. The Labute approximate surface area is 220 Å². The fraction of sp³-hybridized carbons (Fsp3) is 0.818. The van der Waals surface area contributed by atoms with Gasteiger partial charge in [0.2, 0.25) is 0 Å². The molecule has 0 aromatic carbocycles. The van der Waals surface area contributed by atoms with Crippen LogP contribution in [0.25, 0.3) is 0 Å². The Morgan fingerprint density at radius 3 is 1.24 bits per heavy atom. The fourth-order valence-corrected chi connectivity index (χ4v) is 4.24. The number of carboxylic acids is 4. The predicted octanol–water partition coefficient (Wildman–Crippen LogP) is -4.44. The van der Waals surface area contributed by atoms with Gasteiger partial charge in [-0.1, -0.05) is 0 Å². The van der Waals surface area contributed by atoms with Gasteiger partial charge in [-0.15, -0.1) is 0 Å². The molecule has 1 saturated heterocycles. The second-order valence-corrected chi connectivity index (χ2v) is 9.31. The molecule has 38 heavy (non-hydrogen) atoms. The van der Waals surface area contributed by atoms with Crippen LogP contribution < -0.4 is 0 Å². The SMILES string of the molecule is O=C(O)CN1CCN(CC(=O)O)CCN(CC(O)CN(CC(=O)O)C(CO)CO)CCN(CC(=O)O)CC1. The molecule has 0 aliphatic carbocycles. The molecule has 1 fully saturated rings. The lowest BCUT2D eigenvalue weighted by Gasteiger charge is -2.35. The zero-order valence-electron chi connectivity index (χ0n) is 21.5. The van der Waals surface area contributed by atoms with E-state index in [-0.39, 0.29) is 72.0 Å². The van der Waals surface area contributed by atoms with E-state index in [0.29, 0.717) is 13.1 Å². The van der Waals surface area contributed by atoms with Crippen molar-refractivity contribution in [3.05, 3.63) is 0 Å². The maximum atomic E-state index is 11.4. The van der Waals surface area contributed by atoms with Gasteiger partial charge < -0.3 is 35.7 Å². The lowest BCUT2D eigenvalue weighted by molar-refractivity contribution is -0.141. The topological polar surface area (TPSA) is 226 Å². The second-order valence-electron chi connectivity index (χ2n) is 9.31. The Morgan fingerprint density at radius 2 is 0.947 bits per heavy atom. The number of carboxylic acid groups (broad SMARTS) is 4. The summed E-state index contributed by atoms with van der Waals surface area (Å²) in [7, 11) is 0. The van der Waals surface area contributed by atoms with E-state index >= 15 is 0 Å². The zero-order valence-corrected chi connectivity index (χ0v) is 21.5. The van der Waals surface area contributed by atoms with Crippen LogP contribution in [-0.4, -0.2) is 201 Å². The third-order valence-electron chi connectivity index (χ3n) is 6.20. The summed E-state index contributed by atoms with van der Waals surface area (Å²) in [5.41, 5.74) is 0. The quantitative estimate of drug-likeness (QED) is 0.102. The van der Waals surface area contributed by atoms with Gasteiger partial charge in [-0.25, -0.2) is 0 Å². The van der Waals surface area contributed by atoms with E-state index in [1.807, 2.05) is 4.90 Å². The van der Waals surface area contributed by atoms with E-state index in [9.17, 15) is 49.8 Å². The average Bonchev–Trinajstić information content (AvgIpc) is 2.80. The molecule has 1 rings (SSSR count). The minimum absolute atomic E-state index is 0.0483. The Kier molecular flexibility index (Phi) is 15.9. The van der Waals surface area contributed by atoms with E-state index in [2.05, 4.69) is 0 Å². The van der Waals surface area contributed by atoms with Crippen LogP contribution in [0.3, 0.4) is 0 Å². The number of hydrogen-bond acceptors (Lipinski definition) is 12. The molecule has 16 heteroatoms. The van der Waals surface area contributed by atoms with Crippen LogP contribution in [-0.2, 0) is 19.2 Å². The molecule has 0 spiro atoms. The summed E-state index contributed by atoms with van der Waals surface area (Å²) in [6, 6.07) is -0.877. The van der Waals surface area contributed by atoms with Crippen LogP contribution in [0, 0.1) is 0 Å². The molecule has 0 saturated carbocycles. The van der Waals surface area contributed by atoms with Gasteiger partial charge in [0.15, 0.2) is 0 Å². The molecule has 0 radical (unpaired) electrons. The molecule has 0 amide bonds. The molecule has 0 aromatic rings. The Bertz CT molecular complexity index is 723. The summed E-state index contributed by atoms with van der Waals surface area (Å²) in [5.74, 6) is -4.34. The third-order valence-corrected chi connectivity index (χ3v) is 6.20. The van der Waals surface area contributed by atoms with Crippen molar-refractivity contribution in [2.75, 3.05) is 105 Å². The van der Waals surface area contributed by atoms with Crippen LogP contribution >= 0.6 is 0 Å². The molecule has 16 nitrogen and oxygen atoms in total. The van der Waals surface area contributed by atoms with Crippen molar-refractivity contribution in [3.63, 3.8) is 0 Å². The fourth-order valence-electron chi connectivity index (χ4n) is 4.24. The molecule has 0 aromatic heterocycles. The van der Waals surface area contributed by atoms with E-state index in [1.165, 1.54) is 4.90 Å². The van der Waals surface area contributed by atoms with Gasteiger partial charge >= 0.3 is 23.9 Å². The Morgan fingerprint density at radius 1 is 0.605 bits per heavy atom. The summed E-state index contributed by atoms with van der Waals surface area (Å²) < 4.78 is 0. The lowest BCUT2D eigenvalue weighted by atomic mass is 10.2. The van der Waals surface area contributed by atoms with Gasteiger partial charge in [0.05, 0.1) is 51.5 Å². The van der Waals surface area contributed by atoms with E-state index in [1.54, 1.807) is 14.7 Å². The van der Waals surface area contributed by atoms with Crippen molar-refractivity contribution in [2.45, 2.75) is 12.1 Å². The first-order chi connectivity index (χ1) is 17.9. The molecule has 1 heterocycles. The summed E-state index contributed by atoms with van der Waals surface area (Å²) in [5, 5.41) is 66.7. The van der Waals surface area contributed by atoms with Crippen LogP contribution in [0.4, 0.5) is 0 Å². The van der Waals surface area contributed by atoms with Crippen molar-refractivity contribution < 1.29 is 54.9 Å². The monoisotopic (exact) mass is 551 g/mol. The number of hydrogen-bond donors (Lipinski definition) is 7. The lowest BCUT2D eigenvalue weighted by Crippen LogP contribution is -2.51. The number of aliphatic carboxylic acids is 4. The molecule has 1 atom stereocenters. The molecule has 1 aliphatic rings. The standard InChI is InChI=1S/C22H41N5O11/c28-15-17(16-29)27(14-22(37)38)10-18(30)9-23-1-3-24(11-19(31)32)5-7-26(13-21(35)36)8-6-25(4-2-23)12-20(33)34/h17-18,28-30H,1-16H2,(H,31,32)(H,33,34)(H,35,36)(H,37,38). The van der Waals surface area contributed by atoms with E-state index in [4.69, 9.17) is 5.11 Å². The minimum atomic E-state index is -1.19. The van der Waals surface area contributed by atoms with Gasteiger partial charge in [0.1, 0.15) is 0 Å². The maximum absolute atomic E-state index is 11.4. The van der Waals surface area contributed by atoms with Crippen molar-refractivity contribution >= 4 is 23.9 Å². The number of aliphatic hydroxyl groups is 3. The number of nitrogens with zero attached hydrogens (tertiary/aromatic N) is 5. The molecule has 7 N–H and O–H groups in total. The minimum Gasteiger partial charge on any atom is -0.480 e. The molecule has 0 bridgehead atoms. The van der Waals surface area contributed by atoms with Crippen molar-refractivity contribution in [1.29, 1.82) is 0 Å². The second kappa shape index (κ2) is 18.0. The first kappa shape index (κ1) is 33.6. The third kappa shape index (κ3) is 14.5.